The highest BCUT2D eigenvalue weighted by molar-refractivity contribution is 5.78. The van der Waals surface area contributed by atoms with Crippen LogP contribution in [0.15, 0.2) is 24.3 Å². The third-order valence-corrected chi connectivity index (χ3v) is 3.31. The fourth-order valence-corrected chi connectivity index (χ4v) is 2.34. The second-order valence-corrected chi connectivity index (χ2v) is 5.40. The van der Waals surface area contributed by atoms with Crippen LogP contribution < -0.4 is 4.74 Å². The summed E-state index contributed by atoms with van der Waals surface area (Å²) in [6.45, 7) is 1.90. The van der Waals surface area contributed by atoms with Gasteiger partial charge in [-0.25, -0.2) is 4.39 Å². The molecule has 8 heteroatoms. The molecule has 1 atom stereocenters. The van der Waals surface area contributed by atoms with Crippen molar-refractivity contribution in [1.29, 1.82) is 0 Å². The third kappa shape index (κ3) is 6.51. The van der Waals surface area contributed by atoms with Gasteiger partial charge in [0.25, 0.3) is 12.4 Å². The molecule has 7 nitrogen and oxygen atoms in total. The molecule has 1 aromatic rings. The molecule has 2 rings (SSSR count). The molecule has 1 aliphatic rings. The zero-order valence-electron chi connectivity index (χ0n) is 13.9. The second kappa shape index (κ2) is 10.6. The number of amides is 1. The van der Waals surface area contributed by atoms with Gasteiger partial charge in [0.15, 0.2) is 18.2 Å². The van der Waals surface area contributed by atoms with Crippen LogP contribution in [-0.4, -0.2) is 80.3 Å². The molecule has 1 saturated heterocycles. The zero-order valence-corrected chi connectivity index (χ0v) is 13.9. The van der Waals surface area contributed by atoms with Crippen molar-refractivity contribution in [1.82, 2.24) is 9.80 Å². The molecule has 0 bridgehead atoms. The van der Waals surface area contributed by atoms with Gasteiger partial charge in [-0.15, -0.1) is 0 Å². The van der Waals surface area contributed by atoms with Crippen molar-refractivity contribution in [3.63, 3.8) is 0 Å². The molecule has 1 heterocycles. The number of morpholine rings is 1. The average molecular weight is 342 g/mol. The highest BCUT2D eigenvalue weighted by Gasteiger charge is 2.28. The van der Waals surface area contributed by atoms with E-state index >= 15 is 0 Å². The van der Waals surface area contributed by atoms with Gasteiger partial charge in [-0.1, -0.05) is 12.1 Å². The van der Waals surface area contributed by atoms with Crippen LogP contribution in [0.25, 0.3) is 0 Å². The Kier molecular flexibility index (Phi) is 8.74. The minimum Gasteiger partial charge on any atom is -0.483 e. The van der Waals surface area contributed by atoms with Gasteiger partial charge in [0.05, 0.1) is 19.3 Å². The molecule has 134 valence electrons. The van der Waals surface area contributed by atoms with E-state index in [2.05, 4.69) is 0 Å². The normalized spacial score (nSPS) is 17.0. The van der Waals surface area contributed by atoms with Crippen LogP contribution >= 0.6 is 0 Å². The lowest BCUT2D eigenvalue weighted by Crippen LogP contribution is -2.53. The lowest BCUT2D eigenvalue weighted by molar-refractivity contribution is -0.142. The minimum atomic E-state index is -0.461. The number of carbonyl (C=O) groups is 2. The van der Waals surface area contributed by atoms with Crippen molar-refractivity contribution >= 4 is 12.4 Å². The molecule has 1 unspecified atom stereocenters. The van der Waals surface area contributed by atoms with Gasteiger partial charge in [0, 0.05) is 13.1 Å². The van der Waals surface area contributed by atoms with Crippen LogP contribution in [-0.2, 0) is 14.3 Å². The van der Waals surface area contributed by atoms with Crippen LogP contribution in [0, 0.1) is 5.82 Å². The van der Waals surface area contributed by atoms with E-state index in [0.717, 1.165) is 6.54 Å². The number of carboxylic acid groups (broad SMARTS) is 1. The summed E-state index contributed by atoms with van der Waals surface area (Å²) in [5.41, 5.74) is 0. The highest BCUT2D eigenvalue weighted by atomic mass is 19.1. The third-order valence-electron chi connectivity index (χ3n) is 3.31. The molecule has 1 N–H and O–H groups in total. The standard InChI is InChI=1S/C15H21FN2O3.CH2O2/c1-17(2)9-12-10-20-8-7-18(12)15(19)11-21-14-6-4-3-5-13(14)16;2-1-3/h3-6,12H,7-11H2,1-2H3;1H,(H,2,3). The summed E-state index contributed by atoms with van der Waals surface area (Å²) in [4.78, 5) is 24.4. The molecule has 0 spiro atoms. The maximum Gasteiger partial charge on any atom is 0.290 e. The molecular formula is C16H23FN2O5. The molecule has 24 heavy (non-hydrogen) atoms. The van der Waals surface area contributed by atoms with E-state index < -0.39 is 5.82 Å². The Labute approximate surface area is 140 Å². The largest absolute Gasteiger partial charge is 0.483 e. The smallest absolute Gasteiger partial charge is 0.290 e. The Bertz CT molecular complexity index is 527. The molecule has 1 aliphatic heterocycles. The predicted molar refractivity (Wildman–Crippen MR) is 85.5 cm³/mol. The number of carbonyl (C=O) groups excluding carboxylic acids is 1. The Hall–Kier alpha value is -2.19. The Morgan fingerprint density at radius 2 is 2.17 bits per heavy atom. The van der Waals surface area contributed by atoms with Gasteiger partial charge < -0.3 is 24.4 Å². The summed E-state index contributed by atoms with van der Waals surface area (Å²) in [6.07, 6.45) is 0. The van der Waals surface area contributed by atoms with Crippen molar-refractivity contribution in [2.75, 3.05) is 47.0 Å². The Morgan fingerprint density at radius 1 is 1.50 bits per heavy atom. The lowest BCUT2D eigenvalue weighted by Gasteiger charge is -2.36. The van der Waals surface area contributed by atoms with Crippen molar-refractivity contribution in [3.8, 4) is 5.75 Å². The molecule has 0 radical (unpaired) electrons. The topological polar surface area (TPSA) is 79.3 Å². The maximum absolute atomic E-state index is 13.5. The molecule has 0 saturated carbocycles. The number of halogens is 1. The Morgan fingerprint density at radius 3 is 2.79 bits per heavy atom. The average Bonchev–Trinajstić information content (AvgIpc) is 2.54. The number of ether oxygens (including phenoxy) is 2. The number of benzene rings is 1. The first-order valence-electron chi connectivity index (χ1n) is 7.46. The highest BCUT2D eigenvalue weighted by Crippen LogP contribution is 2.16. The second-order valence-electron chi connectivity index (χ2n) is 5.40. The van der Waals surface area contributed by atoms with Crippen LogP contribution in [0.2, 0.25) is 0 Å². The number of rotatable bonds is 5. The van der Waals surface area contributed by atoms with Gasteiger partial charge in [0.1, 0.15) is 0 Å². The predicted octanol–water partition coefficient (Wildman–Crippen LogP) is 0.694. The van der Waals surface area contributed by atoms with E-state index in [1.165, 1.54) is 12.1 Å². The Balaban J connectivity index is 0.000000891. The number of likely N-dealkylation sites (N-methyl/N-ethyl adjacent to an activating group) is 1. The van der Waals surface area contributed by atoms with Gasteiger partial charge in [-0.3, -0.25) is 9.59 Å². The molecule has 1 amide bonds. The lowest BCUT2D eigenvalue weighted by atomic mass is 10.2. The first-order valence-corrected chi connectivity index (χ1v) is 7.46. The quantitative estimate of drug-likeness (QED) is 0.794. The first-order chi connectivity index (χ1) is 11.5. The number of hydrogen-bond donors (Lipinski definition) is 1. The maximum atomic E-state index is 13.5. The van der Waals surface area contributed by atoms with Crippen molar-refractivity contribution in [3.05, 3.63) is 30.1 Å². The monoisotopic (exact) mass is 342 g/mol. The van der Waals surface area contributed by atoms with Crippen LogP contribution in [0.4, 0.5) is 4.39 Å². The number of para-hydroxylation sites is 1. The van der Waals surface area contributed by atoms with E-state index in [1.807, 2.05) is 19.0 Å². The zero-order chi connectivity index (χ0) is 17.9. The summed E-state index contributed by atoms with van der Waals surface area (Å²) in [7, 11) is 3.90. The van der Waals surface area contributed by atoms with Gasteiger partial charge >= 0.3 is 0 Å². The van der Waals surface area contributed by atoms with E-state index in [9.17, 15) is 9.18 Å². The molecular weight excluding hydrogens is 319 g/mol. The molecule has 1 fully saturated rings. The van der Waals surface area contributed by atoms with Crippen molar-refractivity contribution in [2.24, 2.45) is 0 Å². The van der Waals surface area contributed by atoms with E-state index in [4.69, 9.17) is 19.4 Å². The molecule has 0 aliphatic carbocycles. The number of nitrogens with zero attached hydrogens (tertiary/aromatic N) is 2. The molecule has 0 aromatic heterocycles. The van der Waals surface area contributed by atoms with Crippen LogP contribution in [0.5, 0.6) is 5.75 Å². The van der Waals surface area contributed by atoms with E-state index in [1.54, 1.807) is 17.0 Å². The SMILES string of the molecule is CN(C)CC1COCCN1C(=O)COc1ccccc1F.O=CO. The summed E-state index contributed by atoms with van der Waals surface area (Å²) < 4.78 is 24.2. The van der Waals surface area contributed by atoms with Crippen molar-refractivity contribution in [2.45, 2.75) is 6.04 Å². The first kappa shape index (κ1) is 19.9. The van der Waals surface area contributed by atoms with E-state index in [-0.39, 0.29) is 30.8 Å². The summed E-state index contributed by atoms with van der Waals surface area (Å²) in [5.74, 6) is -0.506. The van der Waals surface area contributed by atoms with E-state index in [0.29, 0.717) is 19.8 Å². The molecule has 1 aromatic carbocycles. The van der Waals surface area contributed by atoms with Gasteiger partial charge in [-0.05, 0) is 26.2 Å². The van der Waals surface area contributed by atoms with Gasteiger partial charge in [0.2, 0.25) is 0 Å². The summed E-state index contributed by atoms with van der Waals surface area (Å²) in [5, 5.41) is 6.89. The van der Waals surface area contributed by atoms with Gasteiger partial charge in [-0.2, -0.15) is 0 Å². The van der Waals surface area contributed by atoms with Crippen molar-refractivity contribution < 1.29 is 28.6 Å². The minimum absolute atomic E-state index is 0.00507. The van der Waals surface area contributed by atoms with Crippen LogP contribution in [0.3, 0.4) is 0 Å². The van der Waals surface area contributed by atoms with Crippen LogP contribution in [0.1, 0.15) is 0 Å². The fourth-order valence-electron chi connectivity index (χ4n) is 2.34. The fraction of sp³-hybridized carbons (Fsp3) is 0.500. The summed E-state index contributed by atoms with van der Waals surface area (Å²) >= 11 is 0. The number of hydrogen-bond acceptors (Lipinski definition) is 5. The summed E-state index contributed by atoms with van der Waals surface area (Å²) in [6, 6.07) is 6.08.